The highest BCUT2D eigenvalue weighted by atomic mass is 19.1. The number of aryl methyl sites for hydroxylation is 1. The van der Waals surface area contributed by atoms with Gasteiger partial charge in [0.2, 0.25) is 0 Å². The molecule has 3 aromatic rings. The van der Waals surface area contributed by atoms with Crippen LogP contribution in [0, 0.1) is 12.7 Å². The summed E-state index contributed by atoms with van der Waals surface area (Å²) in [4.78, 5) is 28.1. The van der Waals surface area contributed by atoms with Crippen LogP contribution in [0.4, 0.5) is 4.39 Å². The minimum atomic E-state index is -0.399. The van der Waals surface area contributed by atoms with Crippen LogP contribution < -0.4 is 0 Å². The number of nitrogens with zero attached hydrogens (tertiary/aromatic N) is 5. The summed E-state index contributed by atoms with van der Waals surface area (Å²) in [6.07, 6.45) is 7.12. The van der Waals surface area contributed by atoms with Crippen molar-refractivity contribution in [3.05, 3.63) is 65.8 Å². The molecule has 1 atom stereocenters. The first-order valence-corrected chi connectivity index (χ1v) is 9.38. The van der Waals surface area contributed by atoms with Crippen molar-refractivity contribution in [3.63, 3.8) is 0 Å². The molecule has 0 N–H and O–H groups in total. The summed E-state index contributed by atoms with van der Waals surface area (Å²) in [7, 11) is 1.95. The predicted molar refractivity (Wildman–Crippen MR) is 103 cm³/mol. The van der Waals surface area contributed by atoms with E-state index in [0.29, 0.717) is 18.7 Å². The topological polar surface area (TPSA) is 63.9 Å². The first-order chi connectivity index (χ1) is 13.5. The van der Waals surface area contributed by atoms with E-state index in [0.717, 1.165) is 35.7 Å². The van der Waals surface area contributed by atoms with Gasteiger partial charge in [0, 0.05) is 37.8 Å². The molecule has 1 aliphatic rings. The van der Waals surface area contributed by atoms with Crippen molar-refractivity contribution in [1.29, 1.82) is 0 Å². The first kappa shape index (κ1) is 18.3. The molecule has 4 rings (SSSR count). The number of imidazole rings is 1. The van der Waals surface area contributed by atoms with Crippen LogP contribution in [-0.2, 0) is 7.05 Å². The van der Waals surface area contributed by atoms with E-state index in [2.05, 4.69) is 9.97 Å². The largest absolute Gasteiger partial charge is 0.338 e. The molecule has 1 saturated heterocycles. The summed E-state index contributed by atoms with van der Waals surface area (Å²) in [5.41, 5.74) is 2.93. The number of carbonyl (C=O) groups excluding carboxylic acids is 1. The number of piperidine rings is 1. The number of amides is 1. The van der Waals surface area contributed by atoms with Crippen LogP contribution in [0.1, 0.15) is 40.6 Å². The van der Waals surface area contributed by atoms with Gasteiger partial charge in [0.25, 0.3) is 5.91 Å². The predicted octanol–water partition coefficient (Wildman–Crippen LogP) is 3.34. The minimum absolute atomic E-state index is 0.105. The number of hydrogen-bond acceptors (Lipinski definition) is 4. The van der Waals surface area contributed by atoms with Crippen molar-refractivity contribution >= 4 is 5.91 Å². The Morgan fingerprint density at radius 1 is 1.25 bits per heavy atom. The molecule has 3 heterocycles. The van der Waals surface area contributed by atoms with Crippen LogP contribution >= 0.6 is 0 Å². The van der Waals surface area contributed by atoms with Gasteiger partial charge in [-0.3, -0.25) is 9.78 Å². The van der Waals surface area contributed by atoms with Crippen LogP contribution in [0.15, 0.2) is 42.9 Å². The molecule has 0 unspecified atom stereocenters. The number of halogens is 1. The van der Waals surface area contributed by atoms with Crippen molar-refractivity contribution in [2.45, 2.75) is 25.7 Å². The van der Waals surface area contributed by atoms with E-state index in [9.17, 15) is 9.18 Å². The Morgan fingerprint density at radius 3 is 2.86 bits per heavy atom. The van der Waals surface area contributed by atoms with Gasteiger partial charge in [0.1, 0.15) is 17.3 Å². The van der Waals surface area contributed by atoms with Gasteiger partial charge in [-0.05, 0) is 38.0 Å². The normalized spacial score (nSPS) is 17.0. The number of benzene rings is 1. The van der Waals surface area contributed by atoms with E-state index in [1.165, 1.54) is 12.1 Å². The minimum Gasteiger partial charge on any atom is -0.338 e. The highest BCUT2D eigenvalue weighted by molar-refractivity contribution is 5.94. The highest BCUT2D eigenvalue weighted by Gasteiger charge is 2.27. The van der Waals surface area contributed by atoms with Crippen molar-refractivity contribution in [2.24, 2.45) is 7.05 Å². The van der Waals surface area contributed by atoms with E-state index in [1.54, 1.807) is 35.6 Å². The number of carbonyl (C=O) groups is 1. The Labute approximate surface area is 163 Å². The smallest absolute Gasteiger partial charge is 0.253 e. The third kappa shape index (κ3) is 3.52. The summed E-state index contributed by atoms with van der Waals surface area (Å²) in [6, 6.07) is 5.85. The lowest BCUT2D eigenvalue weighted by molar-refractivity contribution is 0.0705. The Balaban J connectivity index is 1.56. The number of hydrogen-bond donors (Lipinski definition) is 0. The molecule has 0 spiro atoms. The van der Waals surface area contributed by atoms with Crippen LogP contribution in [-0.4, -0.2) is 43.4 Å². The average molecular weight is 379 g/mol. The summed E-state index contributed by atoms with van der Waals surface area (Å²) in [5.74, 6) is 0.472. The zero-order valence-electron chi connectivity index (χ0n) is 16.0. The van der Waals surface area contributed by atoms with E-state index < -0.39 is 5.82 Å². The fraction of sp³-hybridized carbons (Fsp3) is 0.333. The molecule has 1 aliphatic heterocycles. The van der Waals surface area contributed by atoms with E-state index in [1.807, 2.05) is 18.5 Å². The zero-order chi connectivity index (χ0) is 19.7. The molecule has 2 aromatic heterocycles. The summed E-state index contributed by atoms with van der Waals surface area (Å²) < 4.78 is 15.5. The van der Waals surface area contributed by atoms with Gasteiger partial charge in [-0.25, -0.2) is 14.4 Å². The molecule has 1 amide bonds. The van der Waals surface area contributed by atoms with E-state index in [4.69, 9.17) is 4.98 Å². The molecule has 0 saturated carbocycles. The van der Waals surface area contributed by atoms with Crippen molar-refractivity contribution in [1.82, 2.24) is 24.4 Å². The molecule has 28 heavy (non-hydrogen) atoms. The standard InChI is InChI=1S/C21H22FN5O/c1-14-24-12-20(26(14)2)19-11-23-10-18(25-19)16-6-4-8-27(13-16)21(28)15-5-3-7-17(22)9-15/h3,5,7,9-12,16H,4,6,8,13H2,1-2H3/t16-/m0/s1. The molecule has 1 aromatic carbocycles. The lowest BCUT2D eigenvalue weighted by atomic mass is 9.94. The van der Waals surface area contributed by atoms with Gasteiger partial charge in [-0.15, -0.1) is 0 Å². The maximum atomic E-state index is 13.5. The highest BCUT2D eigenvalue weighted by Crippen LogP contribution is 2.28. The maximum absolute atomic E-state index is 13.5. The van der Waals surface area contributed by atoms with Crippen LogP contribution in [0.3, 0.4) is 0 Å². The second kappa shape index (κ2) is 7.50. The maximum Gasteiger partial charge on any atom is 0.253 e. The summed E-state index contributed by atoms with van der Waals surface area (Å²) in [6.45, 7) is 3.16. The average Bonchev–Trinajstić information content (AvgIpc) is 3.06. The molecule has 0 radical (unpaired) electrons. The van der Waals surface area contributed by atoms with Crippen LogP contribution in [0.5, 0.6) is 0 Å². The summed E-state index contributed by atoms with van der Waals surface area (Å²) >= 11 is 0. The quantitative estimate of drug-likeness (QED) is 0.700. The van der Waals surface area contributed by atoms with Gasteiger partial charge in [-0.1, -0.05) is 6.07 Å². The zero-order valence-corrected chi connectivity index (χ0v) is 16.0. The van der Waals surface area contributed by atoms with Crippen molar-refractivity contribution in [3.8, 4) is 11.4 Å². The molecular weight excluding hydrogens is 357 g/mol. The fourth-order valence-corrected chi connectivity index (χ4v) is 3.65. The monoisotopic (exact) mass is 379 g/mol. The third-order valence-corrected chi connectivity index (χ3v) is 5.33. The lowest BCUT2D eigenvalue weighted by Gasteiger charge is -2.32. The second-order valence-electron chi connectivity index (χ2n) is 7.18. The molecule has 144 valence electrons. The van der Waals surface area contributed by atoms with Crippen molar-refractivity contribution in [2.75, 3.05) is 13.1 Å². The lowest BCUT2D eigenvalue weighted by Crippen LogP contribution is -2.39. The number of rotatable bonds is 3. The Kier molecular flexibility index (Phi) is 4.90. The molecular formula is C21H22FN5O. The summed E-state index contributed by atoms with van der Waals surface area (Å²) in [5, 5.41) is 0. The fourth-order valence-electron chi connectivity index (χ4n) is 3.65. The van der Waals surface area contributed by atoms with Crippen LogP contribution in [0.2, 0.25) is 0 Å². The second-order valence-corrected chi connectivity index (χ2v) is 7.18. The van der Waals surface area contributed by atoms with E-state index in [-0.39, 0.29) is 11.8 Å². The van der Waals surface area contributed by atoms with Gasteiger partial charge in [0.05, 0.1) is 23.8 Å². The van der Waals surface area contributed by atoms with E-state index >= 15 is 0 Å². The van der Waals surface area contributed by atoms with Gasteiger partial charge >= 0.3 is 0 Å². The number of aromatic nitrogens is 4. The molecule has 0 bridgehead atoms. The Hall–Kier alpha value is -3.09. The molecule has 1 fully saturated rings. The van der Waals surface area contributed by atoms with Gasteiger partial charge < -0.3 is 9.47 Å². The number of likely N-dealkylation sites (tertiary alicyclic amines) is 1. The molecule has 0 aliphatic carbocycles. The Morgan fingerprint density at radius 2 is 2.11 bits per heavy atom. The Bertz CT molecular complexity index is 1020. The third-order valence-electron chi connectivity index (χ3n) is 5.33. The SMILES string of the molecule is Cc1ncc(-c2cncc([C@H]3CCCN(C(=O)c4cccc(F)c4)C3)n2)n1C. The van der Waals surface area contributed by atoms with Gasteiger partial charge in [-0.2, -0.15) is 0 Å². The van der Waals surface area contributed by atoms with Gasteiger partial charge in [0.15, 0.2) is 0 Å². The molecule has 6 nitrogen and oxygen atoms in total. The van der Waals surface area contributed by atoms with Crippen LogP contribution in [0.25, 0.3) is 11.4 Å². The first-order valence-electron chi connectivity index (χ1n) is 9.38. The van der Waals surface area contributed by atoms with Crippen molar-refractivity contribution < 1.29 is 9.18 Å². The molecule has 7 heteroatoms.